The van der Waals surface area contributed by atoms with Crippen molar-refractivity contribution in [3.05, 3.63) is 80.6 Å². The predicted molar refractivity (Wildman–Crippen MR) is 152 cm³/mol. The van der Waals surface area contributed by atoms with Crippen molar-refractivity contribution in [2.45, 2.75) is 77.7 Å². The summed E-state index contributed by atoms with van der Waals surface area (Å²) < 4.78 is 12.9. The van der Waals surface area contributed by atoms with Crippen LogP contribution in [0.2, 0.25) is 0 Å². The van der Waals surface area contributed by atoms with Crippen LogP contribution in [0.25, 0.3) is 0 Å². The summed E-state index contributed by atoms with van der Waals surface area (Å²) >= 11 is 3.71. The van der Waals surface area contributed by atoms with E-state index in [-0.39, 0.29) is 23.6 Å². The van der Waals surface area contributed by atoms with Gasteiger partial charge in [0.05, 0.1) is 17.2 Å². The standard InChI is InChI=1S/C32H36BrNO4/c1-4-37-28-19-22(18-23(33)32(28)38-20(2)3)29-30-24(12-8-14-26(30)35)34(17-16-21-10-6-5-7-11-21)25-13-9-15-27(36)31(25)29/h5-7,10-11,18-20,29H,4,8-9,12-17H2,1-3H3. The van der Waals surface area contributed by atoms with Gasteiger partial charge in [0.1, 0.15) is 0 Å². The second-order valence-corrected chi connectivity index (χ2v) is 11.4. The number of carbonyl (C=O) groups is 2. The summed E-state index contributed by atoms with van der Waals surface area (Å²) in [6, 6.07) is 14.4. The van der Waals surface area contributed by atoms with Gasteiger partial charge in [-0.05, 0) is 92.1 Å². The van der Waals surface area contributed by atoms with Crippen molar-refractivity contribution in [2.24, 2.45) is 0 Å². The zero-order chi connectivity index (χ0) is 26.8. The van der Waals surface area contributed by atoms with Gasteiger partial charge in [-0.1, -0.05) is 30.3 Å². The van der Waals surface area contributed by atoms with E-state index < -0.39 is 0 Å². The molecule has 3 aliphatic rings. The average Bonchev–Trinajstić information content (AvgIpc) is 2.89. The van der Waals surface area contributed by atoms with E-state index in [1.807, 2.05) is 39.0 Å². The Morgan fingerprint density at radius 1 is 0.947 bits per heavy atom. The molecule has 5 rings (SSSR count). The van der Waals surface area contributed by atoms with Gasteiger partial charge in [0, 0.05) is 47.8 Å². The Kier molecular flexibility index (Phi) is 8.08. The summed E-state index contributed by atoms with van der Waals surface area (Å²) in [5.74, 6) is 1.22. The van der Waals surface area contributed by atoms with Crippen LogP contribution in [0.5, 0.6) is 11.5 Å². The first-order valence-corrected chi connectivity index (χ1v) is 14.6. The summed E-state index contributed by atoms with van der Waals surface area (Å²) in [6.45, 7) is 7.17. The lowest BCUT2D eigenvalue weighted by Crippen LogP contribution is -2.40. The molecule has 0 spiro atoms. The van der Waals surface area contributed by atoms with E-state index in [9.17, 15) is 9.59 Å². The van der Waals surface area contributed by atoms with Gasteiger partial charge in [0.2, 0.25) is 0 Å². The van der Waals surface area contributed by atoms with E-state index >= 15 is 0 Å². The number of nitrogens with zero attached hydrogens (tertiary/aromatic N) is 1. The third kappa shape index (κ3) is 5.20. The number of hydrogen-bond acceptors (Lipinski definition) is 5. The summed E-state index contributed by atoms with van der Waals surface area (Å²) in [5.41, 5.74) is 5.97. The smallest absolute Gasteiger partial charge is 0.175 e. The first-order chi connectivity index (χ1) is 18.4. The number of rotatable bonds is 8. The summed E-state index contributed by atoms with van der Waals surface area (Å²) in [4.78, 5) is 29.6. The van der Waals surface area contributed by atoms with Gasteiger partial charge in [-0.15, -0.1) is 0 Å². The van der Waals surface area contributed by atoms with Gasteiger partial charge in [-0.2, -0.15) is 0 Å². The maximum Gasteiger partial charge on any atom is 0.175 e. The van der Waals surface area contributed by atoms with Crippen LogP contribution in [-0.2, 0) is 16.0 Å². The van der Waals surface area contributed by atoms with Gasteiger partial charge in [-0.3, -0.25) is 9.59 Å². The molecule has 0 atom stereocenters. The molecule has 0 bridgehead atoms. The molecule has 0 amide bonds. The highest BCUT2D eigenvalue weighted by molar-refractivity contribution is 9.10. The molecule has 0 radical (unpaired) electrons. The molecular weight excluding hydrogens is 542 g/mol. The highest BCUT2D eigenvalue weighted by atomic mass is 79.9. The minimum Gasteiger partial charge on any atom is -0.490 e. The molecule has 2 aliphatic carbocycles. The van der Waals surface area contributed by atoms with Crippen LogP contribution < -0.4 is 9.47 Å². The first kappa shape index (κ1) is 26.7. The second-order valence-electron chi connectivity index (χ2n) is 10.5. The average molecular weight is 579 g/mol. The van der Waals surface area contributed by atoms with Crippen molar-refractivity contribution in [2.75, 3.05) is 13.2 Å². The molecule has 6 heteroatoms. The topological polar surface area (TPSA) is 55.8 Å². The molecule has 2 aromatic rings. The van der Waals surface area contributed by atoms with Crippen molar-refractivity contribution in [3.63, 3.8) is 0 Å². The third-order valence-corrected chi connectivity index (χ3v) is 8.16. The van der Waals surface area contributed by atoms with Gasteiger partial charge in [0.25, 0.3) is 0 Å². The van der Waals surface area contributed by atoms with Crippen molar-refractivity contribution < 1.29 is 19.1 Å². The van der Waals surface area contributed by atoms with E-state index in [4.69, 9.17) is 9.47 Å². The van der Waals surface area contributed by atoms with Crippen molar-refractivity contribution in [1.82, 2.24) is 4.90 Å². The Balaban J connectivity index is 1.65. The Hall–Kier alpha value is -2.86. The Bertz CT molecular complexity index is 1250. The Labute approximate surface area is 234 Å². The minimum atomic E-state index is -0.378. The number of halogens is 1. The van der Waals surface area contributed by atoms with Crippen LogP contribution in [0, 0.1) is 0 Å². The molecule has 2 aromatic carbocycles. The fraction of sp³-hybridized carbons (Fsp3) is 0.438. The van der Waals surface area contributed by atoms with E-state index in [0.717, 1.165) is 71.2 Å². The molecule has 0 N–H and O–H groups in total. The maximum absolute atomic E-state index is 13.6. The quantitative estimate of drug-likeness (QED) is 0.329. The normalized spacial score (nSPS) is 18.2. The SMILES string of the molecule is CCOc1cc(C2C3=C(CCCC3=O)N(CCc3ccccc3)C3=C2C(=O)CCC3)cc(Br)c1OC(C)C. The first-order valence-electron chi connectivity index (χ1n) is 13.9. The van der Waals surface area contributed by atoms with Crippen LogP contribution in [0.3, 0.4) is 0 Å². The summed E-state index contributed by atoms with van der Waals surface area (Å²) in [5, 5.41) is 0. The van der Waals surface area contributed by atoms with Crippen LogP contribution in [-0.4, -0.2) is 35.7 Å². The van der Waals surface area contributed by atoms with E-state index in [2.05, 4.69) is 45.1 Å². The second kappa shape index (κ2) is 11.5. The maximum atomic E-state index is 13.6. The number of ketones is 2. The molecule has 200 valence electrons. The van der Waals surface area contributed by atoms with E-state index in [1.165, 1.54) is 5.56 Å². The Morgan fingerprint density at radius 3 is 2.16 bits per heavy atom. The van der Waals surface area contributed by atoms with Gasteiger partial charge in [-0.25, -0.2) is 0 Å². The van der Waals surface area contributed by atoms with Crippen LogP contribution in [0.1, 0.15) is 76.3 Å². The lowest BCUT2D eigenvalue weighted by atomic mass is 9.71. The Morgan fingerprint density at radius 2 is 1.58 bits per heavy atom. The lowest BCUT2D eigenvalue weighted by Gasteiger charge is -2.44. The molecular formula is C32H36BrNO4. The molecule has 1 heterocycles. The molecule has 38 heavy (non-hydrogen) atoms. The van der Waals surface area contributed by atoms with Crippen LogP contribution in [0.15, 0.2) is 69.5 Å². The number of allylic oxidation sites excluding steroid dienone is 4. The summed E-state index contributed by atoms with van der Waals surface area (Å²) in [7, 11) is 0. The van der Waals surface area contributed by atoms with Gasteiger partial charge >= 0.3 is 0 Å². The highest BCUT2D eigenvalue weighted by Gasteiger charge is 2.43. The fourth-order valence-electron chi connectivity index (χ4n) is 6.07. The molecule has 0 aromatic heterocycles. The summed E-state index contributed by atoms with van der Waals surface area (Å²) in [6.07, 6.45) is 5.28. The van der Waals surface area contributed by atoms with Crippen molar-refractivity contribution in [1.29, 1.82) is 0 Å². The number of benzene rings is 2. The monoisotopic (exact) mass is 577 g/mol. The van der Waals surface area contributed by atoms with Gasteiger partial charge in [0.15, 0.2) is 23.1 Å². The molecule has 0 saturated carbocycles. The van der Waals surface area contributed by atoms with Crippen LogP contribution in [0.4, 0.5) is 0 Å². The number of Topliss-reactive ketones (excluding diaryl/α,β-unsaturated/α-hetero) is 2. The lowest BCUT2D eigenvalue weighted by molar-refractivity contribution is -0.117. The predicted octanol–water partition coefficient (Wildman–Crippen LogP) is 7.29. The number of carbonyl (C=O) groups excluding carboxylic acids is 2. The molecule has 0 unspecified atom stereocenters. The van der Waals surface area contributed by atoms with Crippen molar-refractivity contribution >= 4 is 27.5 Å². The van der Waals surface area contributed by atoms with E-state index in [1.54, 1.807) is 0 Å². The highest BCUT2D eigenvalue weighted by Crippen LogP contribution is 2.51. The van der Waals surface area contributed by atoms with E-state index in [0.29, 0.717) is 30.9 Å². The fourth-order valence-corrected chi connectivity index (χ4v) is 6.63. The van der Waals surface area contributed by atoms with Crippen LogP contribution >= 0.6 is 15.9 Å². The molecule has 1 aliphatic heterocycles. The minimum absolute atomic E-state index is 0.0207. The third-order valence-electron chi connectivity index (χ3n) is 7.57. The zero-order valence-corrected chi connectivity index (χ0v) is 24.1. The molecule has 0 saturated heterocycles. The van der Waals surface area contributed by atoms with Crippen molar-refractivity contribution in [3.8, 4) is 11.5 Å². The number of hydrogen-bond donors (Lipinski definition) is 0. The largest absolute Gasteiger partial charge is 0.490 e. The molecule has 0 fully saturated rings. The zero-order valence-electron chi connectivity index (χ0n) is 22.5. The molecule has 5 nitrogen and oxygen atoms in total. The number of ether oxygens (including phenoxy) is 2. The van der Waals surface area contributed by atoms with Gasteiger partial charge < -0.3 is 14.4 Å².